The number of ether oxygens (including phenoxy) is 2. The molecular weight excluding hydrogens is 204 g/mol. The van der Waals surface area contributed by atoms with E-state index in [4.69, 9.17) is 9.47 Å². The Balaban J connectivity index is 2.62. The highest BCUT2D eigenvalue weighted by atomic mass is 16.5. The second-order valence-electron chi connectivity index (χ2n) is 5.59. The van der Waals surface area contributed by atoms with Crippen LogP contribution in [0.1, 0.15) is 41.5 Å². The maximum atomic E-state index is 5.63. The molecule has 1 N–H and O–H groups in total. The largest absolute Gasteiger partial charge is 0.467 e. The predicted molar refractivity (Wildman–Crippen MR) is 63.8 cm³/mol. The maximum absolute atomic E-state index is 5.63. The lowest BCUT2D eigenvalue weighted by atomic mass is 10.2. The molecule has 0 fully saturated rings. The summed E-state index contributed by atoms with van der Waals surface area (Å²) in [6.45, 7) is 11.8. The predicted octanol–water partition coefficient (Wildman–Crippen LogP) is 2.53. The van der Waals surface area contributed by atoms with Crippen molar-refractivity contribution in [2.75, 3.05) is 0 Å². The van der Waals surface area contributed by atoms with Gasteiger partial charge >= 0.3 is 0 Å². The first-order valence-electron chi connectivity index (χ1n) is 5.34. The van der Waals surface area contributed by atoms with Gasteiger partial charge in [-0.2, -0.15) is 4.99 Å². The lowest BCUT2D eigenvalue weighted by molar-refractivity contribution is 0.0397. The molecule has 0 saturated carbocycles. The van der Waals surface area contributed by atoms with Crippen LogP contribution < -0.4 is 5.32 Å². The van der Waals surface area contributed by atoms with Gasteiger partial charge in [-0.25, -0.2) is 0 Å². The summed E-state index contributed by atoms with van der Waals surface area (Å²) in [7, 11) is 0. The summed E-state index contributed by atoms with van der Waals surface area (Å²) in [4.78, 5) is 4.04. The molecular formula is C12H20N2O2. The first-order valence-corrected chi connectivity index (χ1v) is 5.34. The van der Waals surface area contributed by atoms with Crippen molar-refractivity contribution < 1.29 is 9.47 Å². The minimum atomic E-state index is -0.288. The van der Waals surface area contributed by atoms with E-state index in [1.54, 1.807) is 6.20 Å². The van der Waals surface area contributed by atoms with Gasteiger partial charge in [0, 0.05) is 0 Å². The summed E-state index contributed by atoms with van der Waals surface area (Å²) in [6.07, 6.45) is 1.54. The van der Waals surface area contributed by atoms with E-state index in [2.05, 4.69) is 16.0 Å². The molecule has 0 radical (unpaired) electrons. The third kappa shape index (κ3) is 4.89. The van der Waals surface area contributed by atoms with Crippen molar-refractivity contribution in [3.05, 3.63) is 17.8 Å². The first kappa shape index (κ1) is 12.7. The highest BCUT2D eigenvalue weighted by molar-refractivity contribution is 5.77. The summed E-state index contributed by atoms with van der Waals surface area (Å²) in [5.41, 5.74) is 2.32. The average Bonchev–Trinajstić information content (AvgIpc) is 1.96. The number of hydrogen-bond acceptors (Lipinski definition) is 4. The van der Waals surface area contributed by atoms with E-state index in [0.29, 0.717) is 11.9 Å². The maximum Gasteiger partial charge on any atom is 0.297 e. The molecule has 1 heterocycles. The van der Waals surface area contributed by atoms with Gasteiger partial charge < -0.3 is 9.47 Å². The van der Waals surface area contributed by atoms with Crippen LogP contribution in [0.2, 0.25) is 0 Å². The number of amidine groups is 1. The second-order valence-corrected chi connectivity index (χ2v) is 5.59. The SMILES string of the molecule is CC(C)(C)OC1=C=CN=C(OC(C)(C)C)N1. The highest BCUT2D eigenvalue weighted by Crippen LogP contribution is 2.14. The molecule has 1 aliphatic heterocycles. The molecule has 1 rings (SSSR count). The normalized spacial score (nSPS) is 16.1. The minimum Gasteiger partial charge on any atom is -0.467 e. The van der Waals surface area contributed by atoms with E-state index in [9.17, 15) is 0 Å². The van der Waals surface area contributed by atoms with Crippen molar-refractivity contribution in [1.82, 2.24) is 5.32 Å². The summed E-state index contributed by atoms with van der Waals surface area (Å²) >= 11 is 0. The number of rotatable bonds is 1. The van der Waals surface area contributed by atoms with Crippen LogP contribution in [0, 0.1) is 0 Å². The van der Waals surface area contributed by atoms with E-state index < -0.39 is 0 Å². The molecule has 4 nitrogen and oxygen atoms in total. The van der Waals surface area contributed by atoms with Crippen LogP contribution in [0.25, 0.3) is 0 Å². The third-order valence-corrected chi connectivity index (χ3v) is 1.41. The van der Waals surface area contributed by atoms with Gasteiger partial charge in [-0.1, -0.05) is 0 Å². The lowest BCUT2D eigenvalue weighted by Gasteiger charge is -2.26. The van der Waals surface area contributed by atoms with Crippen molar-refractivity contribution in [1.29, 1.82) is 0 Å². The molecule has 0 spiro atoms. The van der Waals surface area contributed by atoms with Crippen LogP contribution in [-0.4, -0.2) is 17.2 Å². The molecule has 0 aromatic rings. The Morgan fingerprint density at radius 3 is 2.12 bits per heavy atom. The van der Waals surface area contributed by atoms with Crippen molar-refractivity contribution in [3.8, 4) is 0 Å². The number of nitrogens with zero attached hydrogens (tertiary/aromatic N) is 1. The van der Waals surface area contributed by atoms with Gasteiger partial charge in [0.15, 0.2) is 0 Å². The Hall–Kier alpha value is -1.41. The topological polar surface area (TPSA) is 42.9 Å². The third-order valence-electron chi connectivity index (χ3n) is 1.41. The summed E-state index contributed by atoms with van der Waals surface area (Å²) in [5.74, 6) is 0.529. The zero-order chi connectivity index (χ0) is 12.4. The second kappa shape index (κ2) is 4.22. The number of aliphatic imine (C=N–C) groups is 1. The van der Waals surface area contributed by atoms with Gasteiger partial charge in [-0.15, -0.1) is 0 Å². The van der Waals surface area contributed by atoms with Crippen molar-refractivity contribution in [2.45, 2.75) is 52.7 Å². The van der Waals surface area contributed by atoms with Crippen LogP contribution in [0.15, 0.2) is 22.8 Å². The van der Waals surface area contributed by atoms with Crippen LogP contribution in [0.4, 0.5) is 0 Å². The summed E-state index contributed by atoms with van der Waals surface area (Å²) in [5, 5.41) is 2.95. The fraction of sp³-hybridized carbons (Fsp3) is 0.667. The van der Waals surface area contributed by atoms with Crippen molar-refractivity contribution in [2.24, 2.45) is 4.99 Å². The van der Waals surface area contributed by atoms with Gasteiger partial charge in [-0.05, 0) is 47.3 Å². The molecule has 0 bridgehead atoms. The molecule has 0 amide bonds. The lowest BCUT2D eigenvalue weighted by Crippen LogP contribution is -2.36. The molecule has 0 atom stereocenters. The quantitative estimate of drug-likeness (QED) is 0.696. The molecule has 4 heteroatoms. The van der Waals surface area contributed by atoms with Gasteiger partial charge in [0.05, 0.1) is 6.20 Å². The molecule has 0 unspecified atom stereocenters. The Bertz CT molecular complexity index is 350. The van der Waals surface area contributed by atoms with E-state index >= 15 is 0 Å². The van der Waals surface area contributed by atoms with Crippen LogP contribution in [0.5, 0.6) is 0 Å². The standard InChI is InChI=1S/C12H20N2O2/c1-11(2,3)15-9-7-8-13-10(14-9)16-12(4,5)6/h8H,1-6H3,(H,13,14). The molecule has 0 saturated heterocycles. The monoisotopic (exact) mass is 224 g/mol. The zero-order valence-electron chi connectivity index (χ0n) is 10.8. The minimum absolute atomic E-state index is 0.270. The zero-order valence-corrected chi connectivity index (χ0v) is 10.8. The van der Waals surface area contributed by atoms with E-state index in [1.807, 2.05) is 41.5 Å². The van der Waals surface area contributed by atoms with Gasteiger partial charge in [0.2, 0.25) is 5.88 Å². The molecule has 16 heavy (non-hydrogen) atoms. The summed E-state index contributed by atoms with van der Waals surface area (Å²) in [6, 6.07) is 0.436. The van der Waals surface area contributed by atoms with Gasteiger partial charge in [0.1, 0.15) is 11.2 Å². The molecule has 1 aliphatic rings. The van der Waals surface area contributed by atoms with Crippen LogP contribution in [0.3, 0.4) is 0 Å². The Morgan fingerprint density at radius 2 is 1.62 bits per heavy atom. The van der Waals surface area contributed by atoms with Gasteiger partial charge in [-0.3, -0.25) is 5.32 Å². The average molecular weight is 224 g/mol. The Labute approximate surface area is 97.0 Å². The first-order chi connectivity index (χ1) is 7.16. The Kier molecular flexibility index (Phi) is 3.34. The molecule has 0 aromatic carbocycles. The molecule has 90 valence electrons. The highest BCUT2D eigenvalue weighted by Gasteiger charge is 2.20. The Morgan fingerprint density at radius 1 is 1.06 bits per heavy atom. The molecule has 0 aliphatic carbocycles. The summed E-state index contributed by atoms with van der Waals surface area (Å²) < 4.78 is 11.2. The van der Waals surface area contributed by atoms with Crippen LogP contribution >= 0.6 is 0 Å². The smallest absolute Gasteiger partial charge is 0.297 e. The number of nitrogens with one attached hydrogen (secondary N) is 1. The van der Waals surface area contributed by atoms with E-state index in [1.165, 1.54) is 0 Å². The van der Waals surface area contributed by atoms with E-state index in [-0.39, 0.29) is 11.2 Å². The fourth-order valence-corrected chi connectivity index (χ4v) is 1.02. The van der Waals surface area contributed by atoms with Crippen molar-refractivity contribution in [3.63, 3.8) is 0 Å². The fourth-order valence-electron chi connectivity index (χ4n) is 1.02. The molecule has 0 aromatic heterocycles. The van der Waals surface area contributed by atoms with Crippen molar-refractivity contribution >= 4 is 6.02 Å². The van der Waals surface area contributed by atoms with E-state index in [0.717, 1.165) is 0 Å². The van der Waals surface area contributed by atoms with Crippen LogP contribution in [-0.2, 0) is 9.47 Å². The van der Waals surface area contributed by atoms with Gasteiger partial charge in [0.25, 0.3) is 6.02 Å². The number of hydrogen-bond donors (Lipinski definition) is 1.